The lowest BCUT2D eigenvalue weighted by Crippen LogP contribution is -1.89. The van der Waals surface area contributed by atoms with Gasteiger partial charge in [-0.2, -0.15) is 8.42 Å². The third-order valence-corrected chi connectivity index (χ3v) is 0. The Balaban J connectivity index is -0.0000000246. The Morgan fingerprint density at radius 2 is 1.15 bits per heavy atom. The lowest BCUT2D eigenvalue weighted by atomic mass is 13.1. The number of halogens is 1. The van der Waals surface area contributed by atoms with Gasteiger partial charge >= 0.3 is 10.4 Å². The van der Waals surface area contributed by atoms with Crippen molar-refractivity contribution in [3.05, 3.63) is 10.1 Å². The number of hydrogen-bond acceptors (Lipinski definition) is 7. The largest absolute Gasteiger partial charge is 0.394 e. The smallest absolute Gasteiger partial charge is 0.344 e. The molecule has 0 aliphatic rings. The maximum atomic E-state index is 8.74. The van der Waals surface area contributed by atoms with Crippen LogP contribution in [0.3, 0.4) is 0 Å². The van der Waals surface area contributed by atoms with Gasteiger partial charge in [0.25, 0.3) is 5.09 Å². The van der Waals surface area contributed by atoms with Crippen LogP contribution in [-0.2, 0) is 10.4 Å². The summed E-state index contributed by atoms with van der Waals surface area (Å²) in [5, 5.41) is 25.6. The fraction of sp³-hybridized carbons (Fsp3) is 0. The van der Waals surface area contributed by atoms with Gasteiger partial charge in [0.05, 0.1) is 0 Å². The molecule has 0 aliphatic carbocycles. The minimum absolute atomic E-state index is 0. The topological polar surface area (TPSA) is 213 Å². The van der Waals surface area contributed by atoms with Gasteiger partial charge in [-0.3, -0.25) is 19.6 Å². The first-order chi connectivity index (χ1) is 4.73. The fourth-order valence-corrected chi connectivity index (χ4v) is 0. The maximum absolute atomic E-state index is 8.74. The van der Waals surface area contributed by atoms with Gasteiger partial charge in [0.1, 0.15) is 0 Å². The van der Waals surface area contributed by atoms with E-state index in [4.69, 9.17) is 43.4 Å². The van der Waals surface area contributed by atoms with Crippen molar-refractivity contribution in [2.45, 2.75) is 0 Å². The quantitative estimate of drug-likeness (QED) is 0.141. The average molecular weight is 249 g/mol. The van der Waals surface area contributed by atoms with Gasteiger partial charge < -0.3 is 11.4 Å². The van der Waals surface area contributed by atoms with E-state index >= 15 is 0 Å². The second-order valence-corrected chi connectivity index (χ2v) is 1.58. The van der Waals surface area contributed by atoms with Gasteiger partial charge in [0.2, 0.25) is 0 Å². The van der Waals surface area contributed by atoms with E-state index in [9.17, 15) is 0 Å². The van der Waals surface area contributed by atoms with Crippen LogP contribution in [0.15, 0.2) is 0 Å². The second kappa shape index (κ2) is 17.4. The second-order valence-electron chi connectivity index (χ2n) is 0.686. The van der Waals surface area contributed by atoms with E-state index in [1.165, 1.54) is 0 Å². The monoisotopic (exact) mass is 248 g/mol. The van der Waals surface area contributed by atoms with Crippen molar-refractivity contribution < 1.29 is 38.3 Å². The summed E-state index contributed by atoms with van der Waals surface area (Å²) >= 11 is 0. The van der Waals surface area contributed by atoms with Crippen LogP contribution in [0.2, 0.25) is 0 Å². The lowest BCUT2D eigenvalue weighted by Gasteiger charge is -1.68. The highest BCUT2D eigenvalue weighted by Gasteiger charge is 1.84. The van der Waals surface area contributed by atoms with Crippen LogP contribution in [0.4, 0.5) is 0 Å². The lowest BCUT2D eigenvalue weighted by molar-refractivity contribution is -0.742. The van der Waals surface area contributed by atoms with E-state index in [-0.39, 0.29) is 18.6 Å². The molecule has 0 saturated heterocycles. The van der Waals surface area contributed by atoms with Crippen LogP contribution in [0, 0.1) is 10.1 Å². The number of hydrogen-bond donors (Lipinski definition) is 6. The molecule has 0 saturated carbocycles. The molecule has 13 heavy (non-hydrogen) atoms. The number of rotatable bonds is 0. The highest BCUT2D eigenvalue weighted by Crippen LogP contribution is 1.59. The fourth-order valence-electron chi connectivity index (χ4n) is 0. The van der Waals surface area contributed by atoms with E-state index in [0.717, 1.165) is 0 Å². The number of nitrogens with zero attached hydrogens (tertiary/aromatic N) is 1. The van der Waals surface area contributed by atoms with E-state index < -0.39 is 15.5 Å². The highest BCUT2D eigenvalue weighted by atomic mass is 35.5. The Labute approximate surface area is 78.2 Å². The molecular formula is H9ClN2O9S. The van der Waals surface area contributed by atoms with Gasteiger partial charge in [-0.15, -0.1) is 22.5 Å². The molecule has 0 heterocycles. The van der Waals surface area contributed by atoms with Gasteiger partial charge in [-0.25, -0.2) is 0 Å². The molecule has 0 spiro atoms. The van der Waals surface area contributed by atoms with E-state index in [1.54, 1.807) is 0 Å². The summed E-state index contributed by atoms with van der Waals surface area (Å²) in [4.78, 5) is 8.36. The van der Waals surface area contributed by atoms with Gasteiger partial charge in [0, 0.05) is 0 Å². The van der Waals surface area contributed by atoms with Gasteiger partial charge in [-0.05, 0) is 0 Å². The summed E-state index contributed by atoms with van der Waals surface area (Å²) < 4.78 is 31.6. The molecule has 86 valence electrons. The van der Waals surface area contributed by atoms with E-state index in [1.807, 2.05) is 0 Å². The molecule has 0 aliphatic heterocycles. The molecule has 0 aromatic carbocycles. The molecule has 0 unspecified atom stereocenters. The SMILES string of the molecule is Cl.N.O=S(=O)(O)O.O=[N+]([O-])O.OO. The summed E-state index contributed by atoms with van der Waals surface area (Å²) in [7, 11) is -4.67. The highest BCUT2D eigenvalue weighted by molar-refractivity contribution is 7.79. The zero-order valence-corrected chi connectivity index (χ0v) is 7.47. The standard InChI is InChI=1S/ClH.HNO3.H3N.H2O4S.H2O2/c;2-1(3)4;;1-5(2,3)4;1-2/h1H;(H,2,3,4);1H3;(H2,1,2,3,4);1-2H. The zero-order valence-electron chi connectivity index (χ0n) is 5.84. The first-order valence-corrected chi connectivity index (χ1v) is 2.86. The van der Waals surface area contributed by atoms with Gasteiger partial charge in [-0.1, -0.05) is 0 Å². The zero-order chi connectivity index (χ0) is 10.1. The molecule has 0 rings (SSSR count). The summed E-state index contributed by atoms with van der Waals surface area (Å²) in [5.41, 5.74) is 0. The molecule has 0 radical (unpaired) electrons. The van der Waals surface area contributed by atoms with Crippen molar-refractivity contribution in [3.8, 4) is 0 Å². The van der Waals surface area contributed by atoms with Crippen molar-refractivity contribution >= 4 is 22.8 Å². The van der Waals surface area contributed by atoms with Crippen LogP contribution in [0.5, 0.6) is 0 Å². The average Bonchev–Trinajstić information content (AvgIpc) is 1.63. The van der Waals surface area contributed by atoms with Crippen molar-refractivity contribution in [1.29, 1.82) is 0 Å². The predicted octanol–water partition coefficient (Wildman–Crippen LogP) is -0.399. The van der Waals surface area contributed by atoms with Crippen LogP contribution in [0.25, 0.3) is 0 Å². The first-order valence-electron chi connectivity index (χ1n) is 1.46. The molecule has 0 atom stereocenters. The first kappa shape index (κ1) is 29.5. The molecule has 11 nitrogen and oxygen atoms in total. The van der Waals surface area contributed by atoms with E-state index in [0.29, 0.717) is 0 Å². The summed E-state index contributed by atoms with van der Waals surface area (Å²) in [6.45, 7) is 0. The summed E-state index contributed by atoms with van der Waals surface area (Å²) in [5.74, 6) is 0. The Morgan fingerprint density at radius 3 is 1.15 bits per heavy atom. The van der Waals surface area contributed by atoms with Crippen LogP contribution in [0.1, 0.15) is 0 Å². The van der Waals surface area contributed by atoms with Crippen molar-refractivity contribution in [3.63, 3.8) is 0 Å². The van der Waals surface area contributed by atoms with Crippen LogP contribution < -0.4 is 6.15 Å². The molecule has 0 aromatic heterocycles. The Morgan fingerprint density at radius 1 is 1.15 bits per heavy atom. The van der Waals surface area contributed by atoms with Crippen LogP contribution in [-0.4, -0.2) is 38.3 Å². The molecule has 0 amide bonds. The Bertz CT molecular complexity index is 160. The maximum Gasteiger partial charge on any atom is 0.394 e. The van der Waals surface area contributed by atoms with Crippen molar-refractivity contribution in [2.24, 2.45) is 0 Å². The minimum Gasteiger partial charge on any atom is -0.344 e. The van der Waals surface area contributed by atoms with E-state index in [2.05, 4.69) is 0 Å². The molecule has 0 bridgehead atoms. The van der Waals surface area contributed by atoms with Crippen molar-refractivity contribution in [2.75, 3.05) is 0 Å². The molecule has 13 heteroatoms. The normalized spacial score (nSPS) is 6.77. The van der Waals surface area contributed by atoms with Crippen molar-refractivity contribution in [1.82, 2.24) is 6.15 Å². The molecule has 0 fully saturated rings. The van der Waals surface area contributed by atoms with Gasteiger partial charge in [0.15, 0.2) is 0 Å². The molecule has 0 aromatic rings. The third-order valence-electron chi connectivity index (χ3n) is 0. The Hall–Kier alpha value is -0.760. The Kier molecular flexibility index (Phi) is 39.4. The molecular weight excluding hydrogens is 240 g/mol. The summed E-state index contributed by atoms with van der Waals surface area (Å²) in [6, 6.07) is 0. The predicted molar refractivity (Wildman–Crippen MR) is 40.5 cm³/mol. The third kappa shape index (κ3) is 1660. The van der Waals surface area contributed by atoms with Crippen LogP contribution >= 0.6 is 12.4 Å². The minimum atomic E-state index is -4.67. The summed E-state index contributed by atoms with van der Waals surface area (Å²) in [6.07, 6.45) is 0. The molecule has 8 N–H and O–H groups in total.